The summed E-state index contributed by atoms with van der Waals surface area (Å²) in [5.41, 5.74) is 5.81. The number of hydrogen-bond acceptors (Lipinski definition) is 3. The maximum Gasteiger partial charge on any atom is 0.118 e. The Morgan fingerprint density at radius 1 is 1.35 bits per heavy atom. The summed E-state index contributed by atoms with van der Waals surface area (Å²) in [4.78, 5) is 1.18. The van der Waals surface area contributed by atoms with Crippen molar-refractivity contribution in [1.29, 1.82) is 0 Å². The molecule has 0 radical (unpaired) electrons. The third-order valence-electron chi connectivity index (χ3n) is 2.37. The van der Waals surface area contributed by atoms with E-state index >= 15 is 0 Å². The minimum atomic E-state index is 0.165. The minimum Gasteiger partial charge on any atom is -0.465 e. The molecule has 1 aromatic heterocycles. The van der Waals surface area contributed by atoms with E-state index in [2.05, 4.69) is 28.1 Å². The number of halogens is 1. The van der Waals surface area contributed by atoms with Crippen LogP contribution in [0, 0.1) is 6.92 Å². The summed E-state index contributed by atoms with van der Waals surface area (Å²) in [6.07, 6.45) is 0. The van der Waals surface area contributed by atoms with Crippen LogP contribution >= 0.6 is 27.7 Å². The lowest BCUT2D eigenvalue weighted by Crippen LogP contribution is -2.08. The molecule has 0 fully saturated rings. The van der Waals surface area contributed by atoms with E-state index in [1.54, 1.807) is 11.8 Å². The molecule has 1 atom stereocenters. The van der Waals surface area contributed by atoms with Crippen molar-refractivity contribution >= 4 is 27.7 Å². The van der Waals surface area contributed by atoms with Crippen LogP contribution in [0.4, 0.5) is 0 Å². The topological polar surface area (TPSA) is 39.2 Å². The standard InChI is InChI=1S/C13H14BrNOS/c1-9-5-6-12(16-9)13(8-15)17-11-4-2-3-10(14)7-11/h2-7,13H,8,15H2,1H3. The van der Waals surface area contributed by atoms with E-state index < -0.39 is 0 Å². The summed E-state index contributed by atoms with van der Waals surface area (Å²) in [5, 5.41) is 0.165. The molecule has 0 bridgehead atoms. The molecule has 2 aromatic rings. The fourth-order valence-corrected chi connectivity index (χ4v) is 3.12. The molecule has 2 nitrogen and oxygen atoms in total. The van der Waals surface area contributed by atoms with E-state index in [4.69, 9.17) is 10.2 Å². The van der Waals surface area contributed by atoms with Crippen LogP contribution in [-0.2, 0) is 0 Å². The summed E-state index contributed by atoms with van der Waals surface area (Å²) in [6.45, 7) is 2.50. The van der Waals surface area contributed by atoms with Gasteiger partial charge in [-0.3, -0.25) is 0 Å². The smallest absolute Gasteiger partial charge is 0.118 e. The second-order valence-corrected chi connectivity index (χ2v) is 5.94. The van der Waals surface area contributed by atoms with Crippen LogP contribution in [0.25, 0.3) is 0 Å². The zero-order chi connectivity index (χ0) is 12.3. The highest BCUT2D eigenvalue weighted by Crippen LogP contribution is 2.36. The van der Waals surface area contributed by atoms with Gasteiger partial charge in [-0.05, 0) is 37.3 Å². The first kappa shape index (κ1) is 12.7. The molecule has 90 valence electrons. The third kappa shape index (κ3) is 3.37. The Labute approximate surface area is 114 Å². The van der Waals surface area contributed by atoms with E-state index in [0.717, 1.165) is 16.0 Å². The number of nitrogens with two attached hydrogens (primary N) is 1. The van der Waals surface area contributed by atoms with Gasteiger partial charge in [0.05, 0.1) is 5.25 Å². The first-order valence-corrected chi connectivity index (χ1v) is 7.05. The number of thioether (sulfide) groups is 1. The molecule has 17 heavy (non-hydrogen) atoms. The Morgan fingerprint density at radius 3 is 2.76 bits per heavy atom. The number of hydrogen-bond donors (Lipinski definition) is 1. The monoisotopic (exact) mass is 311 g/mol. The molecule has 1 aromatic carbocycles. The quantitative estimate of drug-likeness (QED) is 0.862. The average molecular weight is 312 g/mol. The highest BCUT2D eigenvalue weighted by atomic mass is 79.9. The fraction of sp³-hybridized carbons (Fsp3) is 0.231. The molecule has 1 heterocycles. The van der Waals surface area contributed by atoms with Gasteiger partial charge < -0.3 is 10.2 Å². The van der Waals surface area contributed by atoms with Crippen LogP contribution in [-0.4, -0.2) is 6.54 Å². The molecule has 0 aliphatic heterocycles. The molecule has 0 aliphatic rings. The molecule has 2 rings (SSSR count). The summed E-state index contributed by atoms with van der Waals surface area (Å²) >= 11 is 5.19. The van der Waals surface area contributed by atoms with Gasteiger partial charge in [-0.2, -0.15) is 0 Å². The summed E-state index contributed by atoms with van der Waals surface area (Å²) in [7, 11) is 0. The van der Waals surface area contributed by atoms with Crippen molar-refractivity contribution in [3.63, 3.8) is 0 Å². The van der Waals surface area contributed by atoms with Crippen LogP contribution in [0.1, 0.15) is 16.8 Å². The van der Waals surface area contributed by atoms with Gasteiger partial charge in [0, 0.05) is 15.9 Å². The van der Waals surface area contributed by atoms with E-state index in [9.17, 15) is 0 Å². The zero-order valence-electron chi connectivity index (χ0n) is 9.52. The predicted octanol–water partition coefficient (Wildman–Crippen LogP) is 4.14. The van der Waals surface area contributed by atoms with Crippen molar-refractivity contribution in [3.8, 4) is 0 Å². The summed E-state index contributed by atoms with van der Waals surface area (Å²) in [5.74, 6) is 1.86. The number of aryl methyl sites for hydroxylation is 1. The van der Waals surface area contributed by atoms with E-state index in [-0.39, 0.29) is 5.25 Å². The minimum absolute atomic E-state index is 0.165. The Morgan fingerprint density at radius 2 is 2.18 bits per heavy atom. The van der Waals surface area contributed by atoms with Crippen molar-refractivity contribution in [2.75, 3.05) is 6.54 Å². The van der Waals surface area contributed by atoms with Crippen molar-refractivity contribution < 1.29 is 4.42 Å². The average Bonchev–Trinajstić information content (AvgIpc) is 2.73. The van der Waals surface area contributed by atoms with Gasteiger partial charge in [-0.1, -0.05) is 22.0 Å². The van der Waals surface area contributed by atoms with E-state index in [1.165, 1.54) is 4.90 Å². The molecule has 0 spiro atoms. The molecule has 0 saturated heterocycles. The molecular formula is C13H14BrNOS. The maximum atomic E-state index is 5.81. The van der Waals surface area contributed by atoms with Gasteiger partial charge in [0.25, 0.3) is 0 Å². The van der Waals surface area contributed by atoms with Crippen molar-refractivity contribution in [2.45, 2.75) is 17.1 Å². The number of benzene rings is 1. The first-order chi connectivity index (χ1) is 8.19. The molecular weight excluding hydrogens is 298 g/mol. The molecule has 4 heteroatoms. The van der Waals surface area contributed by atoms with Crippen LogP contribution in [0.5, 0.6) is 0 Å². The number of rotatable bonds is 4. The SMILES string of the molecule is Cc1ccc(C(CN)Sc2cccc(Br)c2)o1. The van der Waals surface area contributed by atoms with Gasteiger partial charge >= 0.3 is 0 Å². The molecule has 0 amide bonds. The summed E-state index contributed by atoms with van der Waals surface area (Å²) < 4.78 is 6.70. The fourth-order valence-electron chi connectivity index (χ4n) is 1.55. The van der Waals surface area contributed by atoms with Crippen LogP contribution < -0.4 is 5.73 Å². The molecule has 1 unspecified atom stereocenters. The second kappa shape index (κ2) is 5.76. The van der Waals surface area contributed by atoms with Crippen molar-refractivity contribution in [1.82, 2.24) is 0 Å². The van der Waals surface area contributed by atoms with Crippen LogP contribution in [0.2, 0.25) is 0 Å². The highest BCUT2D eigenvalue weighted by Gasteiger charge is 2.15. The largest absolute Gasteiger partial charge is 0.465 e. The van der Waals surface area contributed by atoms with Gasteiger partial charge in [-0.25, -0.2) is 0 Å². The van der Waals surface area contributed by atoms with Gasteiger partial charge in [0.2, 0.25) is 0 Å². The zero-order valence-corrected chi connectivity index (χ0v) is 11.9. The third-order valence-corrected chi connectivity index (χ3v) is 4.10. The Kier molecular flexibility index (Phi) is 4.31. The summed E-state index contributed by atoms with van der Waals surface area (Å²) in [6, 6.07) is 12.2. The lowest BCUT2D eigenvalue weighted by Gasteiger charge is -2.11. The Bertz CT molecular complexity index is 498. The molecule has 0 saturated carbocycles. The Hall–Kier alpha value is -0.710. The normalized spacial score (nSPS) is 12.6. The van der Waals surface area contributed by atoms with Crippen molar-refractivity contribution in [2.24, 2.45) is 5.73 Å². The van der Waals surface area contributed by atoms with Crippen LogP contribution in [0.15, 0.2) is 50.2 Å². The second-order valence-electron chi connectivity index (χ2n) is 3.75. The molecule has 2 N–H and O–H groups in total. The molecule has 0 aliphatic carbocycles. The van der Waals surface area contributed by atoms with Gasteiger partial charge in [0.15, 0.2) is 0 Å². The van der Waals surface area contributed by atoms with Crippen LogP contribution in [0.3, 0.4) is 0 Å². The number of furan rings is 1. The Balaban J connectivity index is 2.15. The van der Waals surface area contributed by atoms with Crippen molar-refractivity contribution in [3.05, 3.63) is 52.4 Å². The predicted molar refractivity (Wildman–Crippen MR) is 75.2 cm³/mol. The van der Waals surface area contributed by atoms with Gasteiger partial charge in [0.1, 0.15) is 11.5 Å². The highest BCUT2D eigenvalue weighted by molar-refractivity contribution is 9.10. The lowest BCUT2D eigenvalue weighted by molar-refractivity contribution is 0.481. The van der Waals surface area contributed by atoms with E-state index in [1.807, 2.05) is 31.2 Å². The first-order valence-electron chi connectivity index (χ1n) is 5.37. The maximum absolute atomic E-state index is 5.81. The lowest BCUT2D eigenvalue weighted by atomic mass is 10.3. The van der Waals surface area contributed by atoms with E-state index in [0.29, 0.717) is 6.54 Å². The van der Waals surface area contributed by atoms with Gasteiger partial charge in [-0.15, -0.1) is 11.8 Å².